The predicted molar refractivity (Wildman–Crippen MR) is 92.8 cm³/mol. The minimum absolute atomic E-state index is 0.131. The number of pyridine rings is 1. The van der Waals surface area contributed by atoms with Gasteiger partial charge in [-0.25, -0.2) is 9.67 Å². The third kappa shape index (κ3) is 4.44. The van der Waals surface area contributed by atoms with Crippen molar-refractivity contribution >= 4 is 5.97 Å². The molecule has 0 atom stereocenters. The summed E-state index contributed by atoms with van der Waals surface area (Å²) in [5, 5.41) is 13.2. The summed E-state index contributed by atoms with van der Waals surface area (Å²) in [5.41, 5.74) is 2.86. The molecule has 0 radical (unpaired) electrons. The average molecular weight is 337 g/mol. The topological polar surface area (TPSA) is 77.2 Å². The van der Waals surface area contributed by atoms with Crippen molar-refractivity contribution in [2.24, 2.45) is 0 Å². The Morgan fingerprint density at radius 3 is 2.68 bits per heavy atom. The van der Waals surface area contributed by atoms with E-state index in [1.807, 2.05) is 55.6 Å². The van der Waals surface area contributed by atoms with Crippen molar-refractivity contribution in [1.82, 2.24) is 14.8 Å². The van der Waals surface area contributed by atoms with Crippen LogP contribution in [-0.4, -0.2) is 25.8 Å². The van der Waals surface area contributed by atoms with Crippen LogP contribution in [0.25, 0.3) is 5.82 Å². The van der Waals surface area contributed by atoms with E-state index in [-0.39, 0.29) is 6.42 Å². The van der Waals surface area contributed by atoms with E-state index in [1.165, 1.54) is 0 Å². The van der Waals surface area contributed by atoms with Crippen molar-refractivity contribution in [2.45, 2.75) is 26.4 Å². The summed E-state index contributed by atoms with van der Waals surface area (Å²) in [6.45, 7) is 2.35. The third-order valence-electron chi connectivity index (χ3n) is 3.83. The van der Waals surface area contributed by atoms with Gasteiger partial charge >= 0.3 is 5.97 Å². The summed E-state index contributed by atoms with van der Waals surface area (Å²) in [7, 11) is 0. The molecule has 0 unspecified atom stereocenters. The van der Waals surface area contributed by atoms with E-state index in [0.717, 1.165) is 28.4 Å². The second-order valence-electron chi connectivity index (χ2n) is 5.70. The minimum Gasteiger partial charge on any atom is -0.489 e. The number of nitrogens with zero attached hydrogens (tertiary/aromatic N) is 3. The molecule has 2 aromatic heterocycles. The Labute approximate surface area is 145 Å². The molecule has 2 heterocycles. The largest absolute Gasteiger partial charge is 0.489 e. The molecule has 1 N–H and O–H groups in total. The number of carbonyl (C=O) groups is 1. The van der Waals surface area contributed by atoms with Crippen LogP contribution >= 0.6 is 0 Å². The summed E-state index contributed by atoms with van der Waals surface area (Å²) in [6, 6.07) is 13.2. The predicted octanol–water partition coefficient (Wildman–Crippen LogP) is 3.17. The molecule has 0 amide bonds. The number of ether oxygens (including phenoxy) is 1. The first-order valence-corrected chi connectivity index (χ1v) is 8.02. The molecule has 3 aromatic rings. The van der Waals surface area contributed by atoms with Crippen molar-refractivity contribution in [3.8, 4) is 11.6 Å². The van der Waals surface area contributed by atoms with Gasteiger partial charge in [-0.3, -0.25) is 4.79 Å². The third-order valence-corrected chi connectivity index (χ3v) is 3.83. The summed E-state index contributed by atoms with van der Waals surface area (Å²) in [5.74, 6) is 0.712. The van der Waals surface area contributed by atoms with Gasteiger partial charge in [0, 0.05) is 24.4 Å². The molecule has 0 saturated carbocycles. The standard InChI is InChI=1S/C19H19N3O3/c1-14-16(12-22(21-14)18-4-2-3-11-20-18)13-25-17-8-5-15(6-9-17)7-10-19(23)24/h2-6,8-9,11-12H,7,10,13H2,1H3,(H,23,24). The highest BCUT2D eigenvalue weighted by Gasteiger charge is 2.08. The highest BCUT2D eigenvalue weighted by Crippen LogP contribution is 2.17. The van der Waals surface area contributed by atoms with Gasteiger partial charge in [-0.05, 0) is 43.2 Å². The summed E-state index contributed by atoms with van der Waals surface area (Å²) >= 11 is 0. The summed E-state index contributed by atoms with van der Waals surface area (Å²) in [4.78, 5) is 14.9. The second kappa shape index (κ2) is 7.61. The maximum Gasteiger partial charge on any atom is 0.303 e. The van der Waals surface area contributed by atoms with Crippen LogP contribution < -0.4 is 4.74 Å². The van der Waals surface area contributed by atoms with E-state index < -0.39 is 5.97 Å². The molecule has 128 valence electrons. The number of rotatable bonds is 7. The van der Waals surface area contributed by atoms with Crippen LogP contribution in [0.4, 0.5) is 0 Å². The average Bonchev–Trinajstić information content (AvgIpc) is 3.00. The van der Waals surface area contributed by atoms with E-state index in [1.54, 1.807) is 10.9 Å². The SMILES string of the molecule is Cc1nn(-c2ccccn2)cc1COc1ccc(CCC(=O)O)cc1. The van der Waals surface area contributed by atoms with E-state index in [2.05, 4.69) is 10.1 Å². The van der Waals surface area contributed by atoms with Gasteiger partial charge in [0.2, 0.25) is 0 Å². The van der Waals surface area contributed by atoms with E-state index in [9.17, 15) is 4.79 Å². The van der Waals surface area contributed by atoms with Gasteiger partial charge in [0.15, 0.2) is 5.82 Å². The molecule has 6 nitrogen and oxygen atoms in total. The van der Waals surface area contributed by atoms with Gasteiger partial charge in [0.1, 0.15) is 12.4 Å². The van der Waals surface area contributed by atoms with Crippen LogP contribution in [0.1, 0.15) is 23.2 Å². The molecule has 25 heavy (non-hydrogen) atoms. The molecule has 0 fully saturated rings. The molecule has 0 spiro atoms. The fraction of sp³-hybridized carbons (Fsp3) is 0.211. The highest BCUT2D eigenvalue weighted by atomic mass is 16.5. The minimum atomic E-state index is -0.791. The molecule has 0 aliphatic carbocycles. The Balaban J connectivity index is 1.62. The highest BCUT2D eigenvalue weighted by molar-refractivity contribution is 5.67. The van der Waals surface area contributed by atoms with Crippen LogP contribution in [0.2, 0.25) is 0 Å². The van der Waals surface area contributed by atoms with Crippen LogP contribution in [0.15, 0.2) is 54.9 Å². The Morgan fingerprint density at radius 2 is 2.00 bits per heavy atom. The molecule has 0 saturated heterocycles. The molecular formula is C19H19N3O3. The Bertz CT molecular complexity index is 842. The number of hydrogen-bond acceptors (Lipinski definition) is 4. The van der Waals surface area contributed by atoms with Gasteiger partial charge in [0.25, 0.3) is 0 Å². The van der Waals surface area contributed by atoms with Crippen LogP contribution in [0.3, 0.4) is 0 Å². The maximum absolute atomic E-state index is 10.6. The van der Waals surface area contributed by atoms with Crippen molar-refractivity contribution in [3.05, 3.63) is 71.7 Å². The van der Waals surface area contributed by atoms with E-state index in [0.29, 0.717) is 13.0 Å². The molecule has 0 bridgehead atoms. The maximum atomic E-state index is 10.6. The van der Waals surface area contributed by atoms with Crippen molar-refractivity contribution in [3.63, 3.8) is 0 Å². The second-order valence-corrected chi connectivity index (χ2v) is 5.70. The number of benzene rings is 1. The fourth-order valence-electron chi connectivity index (χ4n) is 2.41. The molecular weight excluding hydrogens is 318 g/mol. The molecule has 1 aromatic carbocycles. The van der Waals surface area contributed by atoms with Gasteiger partial charge in [-0.2, -0.15) is 5.10 Å². The first kappa shape index (κ1) is 16.7. The van der Waals surface area contributed by atoms with Gasteiger partial charge in [-0.15, -0.1) is 0 Å². The van der Waals surface area contributed by atoms with Crippen LogP contribution in [0, 0.1) is 6.92 Å². The van der Waals surface area contributed by atoms with Crippen molar-refractivity contribution < 1.29 is 14.6 Å². The number of carboxylic acid groups (broad SMARTS) is 1. The number of carboxylic acids is 1. The van der Waals surface area contributed by atoms with E-state index in [4.69, 9.17) is 9.84 Å². The number of hydrogen-bond donors (Lipinski definition) is 1. The zero-order chi connectivity index (χ0) is 17.6. The molecule has 6 heteroatoms. The van der Waals surface area contributed by atoms with Crippen molar-refractivity contribution in [1.29, 1.82) is 0 Å². The number of aryl methyl sites for hydroxylation is 2. The van der Waals surface area contributed by atoms with Crippen LogP contribution in [0.5, 0.6) is 5.75 Å². The lowest BCUT2D eigenvalue weighted by atomic mass is 10.1. The smallest absolute Gasteiger partial charge is 0.303 e. The molecule has 0 aliphatic rings. The lowest BCUT2D eigenvalue weighted by molar-refractivity contribution is -0.136. The lowest BCUT2D eigenvalue weighted by Crippen LogP contribution is -1.98. The Morgan fingerprint density at radius 1 is 1.20 bits per heavy atom. The zero-order valence-electron chi connectivity index (χ0n) is 13.9. The zero-order valence-corrected chi connectivity index (χ0v) is 13.9. The van der Waals surface area contributed by atoms with E-state index >= 15 is 0 Å². The van der Waals surface area contributed by atoms with Crippen molar-refractivity contribution in [2.75, 3.05) is 0 Å². The molecule has 0 aliphatic heterocycles. The lowest BCUT2D eigenvalue weighted by Gasteiger charge is -2.06. The summed E-state index contributed by atoms with van der Waals surface area (Å²) in [6.07, 6.45) is 4.30. The fourth-order valence-corrected chi connectivity index (χ4v) is 2.41. The first-order chi connectivity index (χ1) is 12.1. The summed E-state index contributed by atoms with van der Waals surface area (Å²) < 4.78 is 7.55. The Kier molecular flexibility index (Phi) is 5.09. The van der Waals surface area contributed by atoms with Gasteiger partial charge in [0.05, 0.1) is 5.69 Å². The van der Waals surface area contributed by atoms with Gasteiger partial charge in [-0.1, -0.05) is 18.2 Å². The van der Waals surface area contributed by atoms with Crippen LogP contribution in [-0.2, 0) is 17.8 Å². The first-order valence-electron chi connectivity index (χ1n) is 8.02. The Hall–Kier alpha value is -3.15. The number of aromatic nitrogens is 3. The number of aliphatic carboxylic acids is 1. The van der Waals surface area contributed by atoms with Gasteiger partial charge < -0.3 is 9.84 Å². The quantitative estimate of drug-likeness (QED) is 0.716. The monoisotopic (exact) mass is 337 g/mol. The molecule has 3 rings (SSSR count). The normalized spacial score (nSPS) is 10.6.